The van der Waals surface area contributed by atoms with Crippen molar-refractivity contribution in [2.75, 3.05) is 12.4 Å². The van der Waals surface area contributed by atoms with Gasteiger partial charge in [-0.25, -0.2) is 4.98 Å². The lowest BCUT2D eigenvalue weighted by Crippen LogP contribution is -2.07. The van der Waals surface area contributed by atoms with E-state index >= 15 is 0 Å². The van der Waals surface area contributed by atoms with Crippen molar-refractivity contribution in [1.29, 1.82) is 0 Å². The van der Waals surface area contributed by atoms with Gasteiger partial charge in [0, 0.05) is 11.3 Å². The maximum Gasteiger partial charge on any atom is 0.254 e. The first-order valence-electron chi connectivity index (χ1n) is 7.08. The molecule has 0 spiro atoms. The first kappa shape index (κ1) is 13.3. The molecule has 0 saturated carbocycles. The first-order chi connectivity index (χ1) is 10.8. The second kappa shape index (κ2) is 5.14. The second-order valence-corrected chi connectivity index (χ2v) is 5.59. The number of fused-ring (bicyclic) bond motifs is 2. The summed E-state index contributed by atoms with van der Waals surface area (Å²) in [6, 6.07) is 5.60. The summed E-state index contributed by atoms with van der Waals surface area (Å²) >= 11 is 6.20. The Balaban J connectivity index is 1.81. The molecular formula is C15H14ClN5O. The number of hydrogen-bond donors (Lipinski definition) is 1. The summed E-state index contributed by atoms with van der Waals surface area (Å²) in [6.45, 7) is 0. The minimum Gasteiger partial charge on any atom is -0.495 e. The van der Waals surface area contributed by atoms with Gasteiger partial charge in [-0.2, -0.15) is 14.6 Å². The highest BCUT2D eigenvalue weighted by Gasteiger charge is 2.21. The number of hydrogen-bond acceptors (Lipinski definition) is 5. The third kappa shape index (κ3) is 2.07. The van der Waals surface area contributed by atoms with Gasteiger partial charge in [-0.1, -0.05) is 11.6 Å². The molecule has 0 fully saturated rings. The van der Waals surface area contributed by atoms with Gasteiger partial charge in [0.15, 0.2) is 0 Å². The van der Waals surface area contributed by atoms with Crippen LogP contribution in [0.4, 0.5) is 11.5 Å². The van der Waals surface area contributed by atoms with Crippen molar-refractivity contribution in [1.82, 2.24) is 19.6 Å². The largest absolute Gasteiger partial charge is 0.495 e. The summed E-state index contributed by atoms with van der Waals surface area (Å²) in [6.07, 6.45) is 4.60. The Labute approximate surface area is 132 Å². The average Bonchev–Trinajstić information content (AvgIpc) is 3.15. The fourth-order valence-electron chi connectivity index (χ4n) is 2.83. The van der Waals surface area contributed by atoms with Crippen molar-refractivity contribution in [3.8, 4) is 5.75 Å². The molecule has 0 bridgehead atoms. The van der Waals surface area contributed by atoms with Gasteiger partial charge in [-0.05, 0) is 37.5 Å². The Morgan fingerprint density at radius 3 is 3.05 bits per heavy atom. The molecule has 0 unspecified atom stereocenters. The number of aromatic nitrogens is 4. The van der Waals surface area contributed by atoms with Crippen LogP contribution in [0.5, 0.6) is 5.75 Å². The van der Waals surface area contributed by atoms with Crippen molar-refractivity contribution in [3.63, 3.8) is 0 Å². The van der Waals surface area contributed by atoms with Crippen molar-refractivity contribution >= 4 is 28.9 Å². The van der Waals surface area contributed by atoms with Crippen LogP contribution in [0.15, 0.2) is 24.5 Å². The van der Waals surface area contributed by atoms with Crippen LogP contribution in [0, 0.1) is 0 Å². The minimum atomic E-state index is 0.563. The van der Waals surface area contributed by atoms with Crippen molar-refractivity contribution < 1.29 is 4.74 Å². The van der Waals surface area contributed by atoms with Crippen LogP contribution < -0.4 is 10.1 Å². The third-order valence-corrected chi connectivity index (χ3v) is 4.16. The molecule has 6 nitrogen and oxygen atoms in total. The number of anilines is 2. The number of nitrogens with one attached hydrogen (secondary N) is 1. The fraction of sp³-hybridized carbons (Fsp3) is 0.267. The van der Waals surface area contributed by atoms with Crippen LogP contribution in [0.25, 0.3) is 5.78 Å². The van der Waals surface area contributed by atoms with Crippen LogP contribution in [-0.2, 0) is 12.8 Å². The maximum atomic E-state index is 6.20. The van der Waals surface area contributed by atoms with Gasteiger partial charge in [-0.3, -0.25) is 0 Å². The first-order valence-corrected chi connectivity index (χ1v) is 7.46. The molecule has 0 aliphatic heterocycles. The van der Waals surface area contributed by atoms with Gasteiger partial charge in [0.1, 0.15) is 17.9 Å². The lowest BCUT2D eigenvalue weighted by atomic mass is 10.2. The number of rotatable bonds is 3. The molecule has 1 aliphatic rings. The zero-order valence-corrected chi connectivity index (χ0v) is 12.8. The molecule has 22 heavy (non-hydrogen) atoms. The SMILES string of the molecule is COc1ccc(Nc2c3c(nc4ncnn24)CCC3)cc1Cl. The van der Waals surface area contributed by atoms with Crippen molar-refractivity contribution in [3.05, 3.63) is 40.8 Å². The zero-order valence-electron chi connectivity index (χ0n) is 12.0. The molecule has 0 amide bonds. The highest BCUT2D eigenvalue weighted by Crippen LogP contribution is 2.32. The summed E-state index contributed by atoms with van der Waals surface area (Å²) in [7, 11) is 1.60. The zero-order chi connectivity index (χ0) is 15.1. The third-order valence-electron chi connectivity index (χ3n) is 3.87. The molecule has 112 valence electrons. The van der Waals surface area contributed by atoms with Crippen LogP contribution in [0.2, 0.25) is 5.02 Å². The number of ether oxygens (including phenoxy) is 1. The summed E-state index contributed by atoms with van der Waals surface area (Å²) < 4.78 is 6.92. The van der Waals surface area contributed by atoms with Gasteiger partial charge in [0.05, 0.1) is 17.8 Å². The highest BCUT2D eigenvalue weighted by molar-refractivity contribution is 6.32. The molecule has 0 atom stereocenters. The molecule has 2 heterocycles. The number of nitrogens with zero attached hydrogens (tertiary/aromatic N) is 4. The monoisotopic (exact) mass is 315 g/mol. The Bertz CT molecular complexity index is 861. The van der Waals surface area contributed by atoms with Crippen LogP contribution in [0.1, 0.15) is 17.7 Å². The molecule has 0 saturated heterocycles. The van der Waals surface area contributed by atoms with E-state index in [0.29, 0.717) is 16.5 Å². The van der Waals surface area contributed by atoms with E-state index in [0.717, 1.165) is 36.5 Å². The average molecular weight is 316 g/mol. The van der Waals surface area contributed by atoms with Crippen LogP contribution >= 0.6 is 11.6 Å². The number of halogens is 1. The second-order valence-electron chi connectivity index (χ2n) is 5.19. The quantitative estimate of drug-likeness (QED) is 0.805. The van der Waals surface area contributed by atoms with E-state index < -0.39 is 0 Å². The smallest absolute Gasteiger partial charge is 0.254 e. The normalized spacial score (nSPS) is 13.4. The van der Waals surface area contributed by atoms with Crippen LogP contribution in [-0.4, -0.2) is 26.7 Å². The predicted molar refractivity (Wildman–Crippen MR) is 84.1 cm³/mol. The van der Waals surface area contributed by atoms with E-state index in [1.54, 1.807) is 11.6 Å². The Hall–Kier alpha value is -2.34. The lowest BCUT2D eigenvalue weighted by molar-refractivity contribution is 0.415. The van der Waals surface area contributed by atoms with Gasteiger partial charge >= 0.3 is 0 Å². The van der Waals surface area contributed by atoms with E-state index in [1.165, 1.54) is 11.9 Å². The molecule has 1 N–H and O–H groups in total. The number of methoxy groups -OCH3 is 1. The van der Waals surface area contributed by atoms with Crippen molar-refractivity contribution in [2.24, 2.45) is 0 Å². The van der Waals surface area contributed by atoms with E-state index in [9.17, 15) is 0 Å². The fourth-order valence-corrected chi connectivity index (χ4v) is 3.09. The van der Waals surface area contributed by atoms with E-state index in [1.807, 2.05) is 18.2 Å². The summed E-state index contributed by atoms with van der Waals surface area (Å²) in [4.78, 5) is 8.76. The molecule has 7 heteroatoms. The Morgan fingerprint density at radius 1 is 1.32 bits per heavy atom. The topological polar surface area (TPSA) is 64.3 Å². The lowest BCUT2D eigenvalue weighted by Gasteiger charge is -2.13. The molecule has 1 aliphatic carbocycles. The molecular weight excluding hydrogens is 302 g/mol. The highest BCUT2D eigenvalue weighted by atomic mass is 35.5. The number of benzene rings is 1. The predicted octanol–water partition coefficient (Wildman–Crippen LogP) is 3.02. The van der Waals surface area contributed by atoms with E-state index in [2.05, 4.69) is 20.4 Å². The van der Waals surface area contributed by atoms with Crippen LogP contribution in [0.3, 0.4) is 0 Å². The molecule has 3 aromatic rings. The van der Waals surface area contributed by atoms with Gasteiger partial charge in [0.2, 0.25) is 0 Å². The maximum absolute atomic E-state index is 6.20. The van der Waals surface area contributed by atoms with Gasteiger partial charge in [-0.15, -0.1) is 0 Å². The Kier molecular flexibility index (Phi) is 3.11. The van der Waals surface area contributed by atoms with E-state index in [4.69, 9.17) is 16.3 Å². The van der Waals surface area contributed by atoms with Gasteiger partial charge < -0.3 is 10.1 Å². The standard InChI is InChI=1S/C15H14ClN5O/c1-22-13-6-5-9(7-11(13)16)19-14-10-3-2-4-12(10)20-15-17-8-18-21(14)15/h5-8,19H,2-4H2,1H3. The summed E-state index contributed by atoms with van der Waals surface area (Å²) in [5, 5.41) is 8.24. The Morgan fingerprint density at radius 2 is 2.23 bits per heavy atom. The summed E-state index contributed by atoms with van der Waals surface area (Å²) in [5.41, 5.74) is 3.18. The van der Waals surface area contributed by atoms with E-state index in [-0.39, 0.29) is 0 Å². The summed E-state index contributed by atoms with van der Waals surface area (Å²) in [5.74, 6) is 2.18. The minimum absolute atomic E-state index is 0.563. The molecule has 1 aromatic carbocycles. The number of aryl methyl sites for hydroxylation is 1. The van der Waals surface area contributed by atoms with Gasteiger partial charge in [0.25, 0.3) is 5.78 Å². The van der Waals surface area contributed by atoms with Crippen molar-refractivity contribution in [2.45, 2.75) is 19.3 Å². The molecule has 0 radical (unpaired) electrons. The molecule has 4 rings (SSSR count). The molecule has 2 aromatic heterocycles.